The van der Waals surface area contributed by atoms with E-state index in [1.165, 1.54) is 0 Å². The van der Waals surface area contributed by atoms with Crippen LogP contribution in [0.4, 0.5) is 0 Å². The van der Waals surface area contributed by atoms with Crippen molar-refractivity contribution in [3.05, 3.63) is 0 Å². The van der Waals surface area contributed by atoms with Crippen molar-refractivity contribution in [3.8, 4) is 0 Å². The average molecular weight is 326 g/mol. The maximum atomic E-state index is 12.7. The number of hydrogen-bond acceptors (Lipinski definition) is 5. The van der Waals surface area contributed by atoms with E-state index in [4.69, 9.17) is 4.74 Å². The molecular formula is C17H34N4O2. The first-order valence-electron chi connectivity index (χ1n) is 9.05. The zero-order chi connectivity index (χ0) is 16.7. The minimum atomic E-state index is -0.347. The second-order valence-corrected chi connectivity index (χ2v) is 6.99. The van der Waals surface area contributed by atoms with E-state index in [9.17, 15) is 4.79 Å². The van der Waals surface area contributed by atoms with Crippen LogP contribution in [0.25, 0.3) is 0 Å². The van der Waals surface area contributed by atoms with Gasteiger partial charge in [-0.1, -0.05) is 6.92 Å². The molecule has 0 aromatic heterocycles. The van der Waals surface area contributed by atoms with E-state index in [0.717, 1.165) is 65.2 Å². The zero-order valence-corrected chi connectivity index (χ0v) is 15.1. The number of amides is 1. The molecule has 6 heteroatoms. The van der Waals surface area contributed by atoms with Crippen LogP contribution in [0.15, 0.2) is 0 Å². The summed E-state index contributed by atoms with van der Waals surface area (Å²) in [5.74, 6) is 0.167. The lowest BCUT2D eigenvalue weighted by atomic mass is 9.78. The molecule has 134 valence electrons. The number of nitrogens with one attached hydrogen (secondary N) is 2. The number of nitrogens with zero attached hydrogens (tertiary/aromatic N) is 2. The van der Waals surface area contributed by atoms with Gasteiger partial charge in [0.15, 0.2) is 0 Å². The summed E-state index contributed by atoms with van der Waals surface area (Å²) < 4.78 is 5.35. The van der Waals surface area contributed by atoms with Gasteiger partial charge >= 0.3 is 0 Å². The van der Waals surface area contributed by atoms with Crippen LogP contribution in [0.2, 0.25) is 0 Å². The van der Waals surface area contributed by atoms with Gasteiger partial charge in [0, 0.05) is 45.9 Å². The van der Waals surface area contributed by atoms with Crippen molar-refractivity contribution in [2.24, 2.45) is 5.41 Å². The zero-order valence-electron chi connectivity index (χ0n) is 15.1. The Morgan fingerprint density at radius 1 is 1.26 bits per heavy atom. The maximum Gasteiger partial charge on any atom is 0.228 e. The Bertz CT molecular complexity index is 358. The Balaban J connectivity index is 1.80. The monoisotopic (exact) mass is 326 g/mol. The molecule has 2 saturated heterocycles. The molecule has 2 aliphatic heterocycles. The molecule has 0 aromatic carbocycles. The van der Waals surface area contributed by atoms with Crippen LogP contribution >= 0.6 is 0 Å². The van der Waals surface area contributed by atoms with Crippen molar-refractivity contribution in [2.75, 3.05) is 66.1 Å². The van der Waals surface area contributed by atoms with Crippen LogP contribution in [0, 0.1) is 5.41 Å². The van der Waals surface area contributed by atoms with Gasteiger partial charge in [-0.25, -0.2) is 0 Å². The summed E-state index contributed by atoms with van der Waals surface area (Å²) in [7, 11) is 1.69. The van der Waals surface area contributed by atoms with Crippen LogP contribution < -0.4 is 10.6 Å². The number of likely N-dealkylation sites (N-methyl/N-ethyl adjacent to an activating group) is 1. The third kappa shape index (κ3) is 4.89. The van der Waals surface area contributed by atoms with E-state index in [2.05, 4.69) is 34.3 Å². The quantitative estimate of drug-likeness (QED) is 0.697. The molecule has 0 aromatic rings. The molecule has 23 heavy (non-hydrogen) atoms. The Hall–Kier alpha value is -0.690. The van der Waals surface area contributed by atoms with E-state index in [0.29, 0.717) is 12.6 Å². The molecule has 2 N–H and O–H groups in total. The lowest BCUT2D eigenvalue weighted by Gasteiger charge is -2.39. The fraction of sp³-hybridized carbons (Fsp3) is 0.941. The van der Waals surface area contributed by atoms with E-state index >= 15 is 0 Å². The summed E-state index contributed by atoms with van der Waals surface area (Å²) in [5.41, 5.74) is -0.347. The number of methoxy groups -OCH3 is 1. The number of carbonyl (C=O) groups is 1. The largest absolute Gasteiger partial charge is 0.384 e. The summed E-state index contributed by atoms with van der Waals surface area (Å²) in [6.45, 7) is 13.1. The second kappa shape index (κ2) is 8.97. The number of rotatable bonds is 7. The van der Waals surface area contributed by atoms with E-state index in [1.807, 2.05) is 0 Å². The first-order chi connectivity index (χ1) is 11.1. The molecule has 1 unspecified atom stereocenters. The maximum absolute atomic E-state index is 12.7. The molecule has 1 amide bonds. The third-order valence-corrected chi connectivity index (χ3v) is 5.50. The highest BCUT2D eigenvalue weighted by atomic mass is 16.5. The topological polar surface area (TPSA) is 56.8 Å². The van der Waals surface area contributed by atoms with Gasteiger partial charge in [-0.3, -0.25) is 9.69 Å². The van der Waals surface area contributed by atoms with Gasteiger partial charge in [-0.15, -0.1) is 0 Å². The summed E-state index contributed by atoms with van der Waals surface area (Å²) in [6.07, 6.45) is 1.71. The Morgan fingerprint density at radius 2 is 1.91 bits per heavy atom. The van der Waals surface area contributed by atoms with Crippen molar-refractivity contribution in [1.29, 1.82) is 0 Å². The molecule has 2 heterocycles. The van der Waals surface area contributed by atoms with Gasteiger partial charge in [0.25, 0.3) is 0 Å². The first-order valence-corrected chi connectivity index (χ1v) is 9.05. The van der Waals surface area contributed by atoms with Gasteiger partial charge in [-0.2, -0.15) is 0 Å². The number of hydrogen-bond donors (Lipinski definition) is 2. The van der Waals surface area contributed by atoms with Gasteiger partial charge in [0.05, 0.1) is 12.0 Å². The summed E-state index contributed by atoms with van der Waals surface area (Å²) in [4.78, 5) is 17.7. The van der Waals surface area contributed by atoms with E-state index in [1.54, 1.807) is 7.11 Å². The Kier molecular flexibility index (Phi) is 7.27. The molecule has 2 aliphatic rings. The minimum absolute atomic E-state index is 0.167. The molecular weight excluding hydrogens is 292 g/mol. The van der Waals surface area contributed by atoms with Crippen LogP contribution in [-0.4, -0.2) is 87.8 Å². The molecule has 0 aliphatic carbocycles. The number of carbonyl (C=O) groups excluding carboxylic acids is 1. The highest BCUT2D eigenvalue weighted by Gasteiger charge is 2.39. The number of piperidine rings is 1. The van der Waals surface area contributed by atoms with Gasteiger partial charge in [-0.05, 0) is 39.4 Å². The molecule has 0 radical (unpaired) electrons. The fourth-order valence-corrected chi connectivity index (χ4v) is 3.70. The lowest BCUT2D eigenvalue weighted by molar-refractivity contribution is -0.136. The molecule has 2 fully saturated rings. The standard InChI is InChI=1S/C17H34N4O2/c1-4-20-9-11-21(12-10-20)15(2)13-19-16(22)17(14-23-3)5-7-18-8-6-17/h15,18H,4-14H2,1-3H3,(H,19,22). The summed E-state index contributed by atoms with van der Waals surface area (Å²) >= 11 is 0. The predicted molar refractivity (Wildman–Crippen MR) is 92.6 cm³/mol. The Labute approximate surface area is 140 Å². The van der Waals surface area contributed by atoms with Gasteiger partial charge in [0.2, 0.25) is 5.91 Å². The van der Waals surface area contributed by atoms with Crippen LogP contribution in [0.5, 0.6) is 0 Å². The second-order valence-electron chi connectivity index (χ2n) is 6.99. The predicted octanol–water partition coefficient (Wildman–Crippen LogP) is 0.145. The van der Waals surface area contributed by atoms with E-state index < -0.39 is 0 Å². The first kappa shape index (κ1) is 18.6. The van der Waals surface area contributed by atoms with Crippen LogP contribution in [0.1, 0.15) is 26.7 Å². The molecule has 2 rings (SSSR count). The van der Waals surface area contributed by atoms with Crippen molar-refractivity contribution >= 4 is 5.91 Å². The number of ether oxygens (including phenoxy) is 1. The SMILES string of the molecule is CCN1CCN(C(C)CNC(=O)C2(COC)CCNCC2)CC1. The fourth-order valence-electron chi connectivity index (χ4n) is 3.70. The molecule has 1 atom stereocenters. The normalized spacial score (nSPS) is 24.3. The molecule has 0 spiro atoms. The molecule has 0 bridgehead atoms. The summed E-state index contributed by atoms with van der Waals surface area (Å²) in [5, 5.41) is 6.53. The average Bonchev–Trinajstić information content (AvgIpc) is 2.60. The van der Waals surface area contributed by atoms with Crippen molar-refractivity contribution in [2.45, 2.75) is 32.7 Å². The number of piperazine rings is 1. The van der Waals surface area contributed by atoms with Crippen molar-refractivity contribution < 1.29 is 9.53 Å². The van der Waals surface area contributed by atoms with Gasteiger partial charge < -0.3 is 20.3 Å². The minimum Gasteiger partial charge on any atom is -0.384 e. The summed E-state index contributed by atoms with van der Waals surface area (Å²) in [6, 6.07) is 0.388. The lowest BCUT2D eigenvalue weighted by Crippen LogP contribution is -2.55. The van der Waals surface area contributed by atoms with Crippen molar-refractivity contribution in [3.63, 3.8) is 0 Å². The highest BCUT2D eigenvalue weighted by Crippen LogP contribution is 2.29. The van der Waals surface area contributed by atoms with Crippen LogP contribution in [0.3, 0.4) is 0 Å². The highest BCUT2D eigenvalue weighted by molar-refractivity contribution is 5.83. The van der Waals surface area contributed by atoms with E-state index in [-0.39, 0.29) is 11.3 Å². The van der Waals surface area contributed by atoms with Crippen LogP contribution in [-0.2, 0) is 9.53 Å². The molecule has 6 nitrogen and oxygen atoms in total. The molecule has 0 saturated carbocycles. The smallest absolute Gasteiger partial charge is 0.228 e. The van der Waals surface area contributed by atoms with Gasteiger partial charge in [0.1, 0.15) is 0 Å². The Morgan fingerprint density at radius 3 is 2.48 bits per heavy atom. The van der Waals surface area contributed by atoms with Crippen molar-refractivity contribution in [1.82, 2.24) is 20.4 Å². The third-order valence-electron chi connectivity index (χ3n) is 5.50.